The molecule has 1 aromatic carbocycles. The van der Waals surface area contributed by atoms with Crippen LogP contribution in [0.4, 0.5) is 0 Å². The maximum Gasteiger partial charge on any atom is 0.131 e. The van der Waals surface area contributed by atoms with Crippen LogP contribution >= 0.6 is 0 Å². The summed E-state index contributed by atoms with van der Waals surface area (Å²) in [6.45, 7) is 4.63. The monoisotopic (exact) mass is 359 g/mol. The van der Waals surface area contributed by atoms with Crippen molar-refractivity contribution in [1.82, 2.24) is 9.55 Å². The van der Waals surface area contributed by atoms with Crippen LogP contribution in [0, 0.1) is 0 Å². The Morgan fingerprint density at radius 1 is 1.12 bits per heavy atom. The number of ether oxygens (including phenoxy) is 1. The van der Waals surface area contributed by atoms with Crippen LogP contribution in [-0.4, -0.2) is 27.9 Å². The molecule has 0 bridgehead atoms. The first-order chi connectivity index (χ1) is 12.5. The lowest BCUT2D eigenvalue weighted by molar-refractivity contribution is 0.200. The van der Waals surface area contributed by atoms with Gasteiger partial charge in [-0.25, -0.2) is 4.98 Å². The van der Waals surface area contributed by atoms with E-state index in [1.165, 1.54) is 32.1 Å². The zero-order valence-corrected chi connectivity index (χ0v) is 16.4. The molecule has 2 rings (SSSR count). The molecule has 0 aliphatic heterocycles. The van der Waals surface area contributed by atoms with Crippen LogP contribution in [0.3, 0.4) is 0 Å². The van der Waals surface area contributed by atoms with Gasteiger partial charge in [-0.2, -0.15) is 0 Å². The van der Waals surface area contributed by atoms with Gasteiger partial charge in [0.25, 0.3) is 0 Å². The van der Waals surface area contributed by atoms with Gasteiger partial charge in [0.15, 0.2) is 0 Å². The van der Waals surface area contributed by atoms with Gasteiger partial charge in [0.05, 0.1) is 24.4 Å². The first-order valence-electron chi connectivity index (χ1n) is 9.64. The minimum atomic E-state index is -0.854. The lowest BCUT2D eigenvalue weighted by Crippen LogP contribution is -2.39. The van der Waals surface area contributed by atoms with Crippen LogP contribution in [0.25, 0.3) is 11.3 Å². The van der Waals surface area contributed by atoms with Crippen LogP contribution in [-0.2, 0) is 12.6 Å². The molecule has 5 nitrogen and oxygen atoms in total. The summed E-state index contributed by atoms with van der Waals surface area (Å²) in [7, 11) is 1.89. The number of nitrogens with zero attached hydrogens (tertiary/aromatic N) is 2. The van der Waals surface area contributed by atoms with Gasteiger partial charge in [0.1, 0.15) is 11.6 Å². The summed E-state index contributed by atoms with van der Waals surface area (Å²) in [6, 6.07) is 7.98. The van der Waals surface area contributed by atoms with Crippen molar-refractivity contribution in [1.29, 1.82) is 0 Å². The molecule has 0 saturated carbocycles. The van der Waals surface area contributed by atoms with Gasteiger partial charge in [0, 0.05) is 18.8 Å². The molecule has 1 heterocycles. The van der Waals surface area contributed by atoms with Crippen LogP contribution in [0.5, 0.6) is 5.75 Å². The van der Waals surface area contributed by atoms with Crippen LogP contribution < -0.4 is 10.5 Å². The van der Waals surface area contributed by atoms with E-state index in [0.717, 1.165) is 30.0 Å². The number of aliphatic hydroxyl groups is 1. The molecular formula is C21H33N3O2. The van der Waals surface area contributed by atoms with Crippen molar-refractivity contribution in [3.05, 3.63) is 36.3 Å². The average molecular weight is 360 g/mol. The topological polar surface area (TPSA) is 73.3 Å². The minimum absolute atomic E-state index is 0.150. The Balaban J connectivity index is 1.89. The van der Waals surface area contributed by atoms with E-state index in [1.54, 1.807) is 6.92 Å². The summed E-state index contributed by atoms with van der Waals surface area (Å²) in [5, 5.41) is 9.46. The van der Waals surface area contributed by atoms with Gasteiger partial charge in [-0.1, -0.05) is 39.0 Å². The van der Waals surface area contributed by atoms with Crippen molar-refractivity contribution in [3.8, 4) is 17.0 Å². The van der Waals surface area contributed by atoms with Crippen molar-refractivity contribution in [2.45, 2.75) is 57.9 Å². The number of imidazole rings is 1. The van der Waals surface area contributed by atoms with Crippen LogP contribution in [0.2, 0.25) is 0 Å². The number of unbranched alkanes of at least 4 members (excludes halogenated alkanes) is 5. The van der Waals surface area contributed by atoms with E-state index in [-0.39, 0.29) is 6.61 Å². The Hall–Kier alpha value is -1.85. The van der Waals surface area contributed by atoms with Gasteiger partial charge in [-0.15, -0.1) is 0 Å². The van der Waals surface area contributed by atoms with E-state index < -0.39 is 5.54 Å². The fourth-order valence-electron chi connectivity index (χ4n) is 3.00. The van der Waals surface area contributed by atoms with E-state index in [0.29, 0.717) is 5.82 Å². The molecule has 0 unspecified atom stereocenters. The molecule has 0 saturated heterocycles. The number of hydrogen-bond donors (Lipinski definition) is 2. The summed E-state index contributed by atoms with van der Waals surface area (Å²) in [5.74, 6) is 1.55. The molecule has 0 amide bonds. The minimum Gasteiger partial charge on any atom is -0.494 e. The number of nitrogens with two attached hydrogens (primary N) is 1. The summed E-state index contributed by atoms with van der Waals surface area (Å²) in [6.07, 6.45) is 9.51. The second-order valence-electron chi connectivity index (χ2n) is 7.28. The summed E-state index contributed by atoms with van der Waals surface area (Å²) >= 11 is 0. The predicted octanol–water partition coefficient (Wildman–Crippen LogP) is 3.99. The van der Waals surface area contributed by atoms with E-state index in [4.69, 9.17) is 10.5 Å². The van der Waals surface area contributed by atoms with E-state index in [1.807, 2.05) is 42.1 Å². The smallest absolute Gasteiger partial charge is 0.131 e. The molecule has 5 heteroatoms. The van der Waals surface area contributed by atoms with Gasteiger partial charge >= 0.3 is 0 Å². The van der Waals surface area contributed by atoms with Crippen LogP contribution in [0.1, 0.15) is 58.2 Å². The van der Waals surface area contributed by atoms with Crippen molar-refractivity contribution in [2.24, 2.45) is 12.8 Å². The van der Waals surface area contributed by atoms with Gasteiger partial charge < -0.3 is 20.1 Å². The van der Waals surface area contributed by atoms with Gasteiger partial charge in [-0.3, -0.25) is 0 Å². The molecule has 1 atom stereocenters. The molecular weight excluding hydrogens is 326 g/mol. The standard InChI is InChI=1S/C21H33N3O2/c1-4-5-6-7-8-9-14-26-18-12-10-17(11-13-18)19-15-24(3)20(23-19)21(2,22)16-25/h10-13,15,25H,4-9,14,16,22H2,1-3H3/t21-/m0/s1. The molecule has 26 heavy (non-hydrogen) atoms. The average Bonchev–Trinajstić information content (AvgIpc) is 3.04. The van der Waals surface area contributed by atoms with E-state index in [2.05, 4.69) is 11.9 Å². The highest BCUT2D eigenvalue weighted by atomic mass is 16.5. The summed E-state index contributed by atoms with van der Waals surface area (Å²) < 4.78 is 7.69. The maximum absolute atomic E-state index is 9.46. The second-order valence-corrected chi connectivity index (χ2v) is 7.28. The van der Waals surface area contributed by atoms with Crippen molar-refractivity contribution < 1.29 is 9.84 Å². The molecule has 0 fully saturated rings. The first-order valence-corrected chi connectivity index (χ1v) is 9.64. The van der Waals surface area contributed by atoms with Crippen molar-refractivity contribution in [2.75, 3.05) is 13.2 Å². The number of aryl methyl sites for hydroxylation is 1. The quantitative estimate of drug-likeness (QED) is 0.595. The Bertz CT molecular complexity index is 662. The van der Waals surface area contributed by atoms with Gasteiger partial charge in [-0.05, 0) is 37.6 Å². The van der Waals surface area contributed by atoms with E-state index in [9.17, 15) is 5.11 Å². The van der Waals surface area contributed by atoms with Crippen LogP contribution in [0.15, 0.2) is 30.5 Å². The molecule has 0 aliphatic carbocycles. The molecule has 0 spiro atoms. The first kappa shape index (κ1) is 20.5. The van der Waals surface area contributed by atoms with Crippen molar-refractivity contribution in [3.63, 3.8) is 0 Å². The lowest BCUT2D eigenvalue weighted by atomic mass is 10.1. The zero-order valence-electron chi connectivity index (χ0n) is 16.4. The Morgan fingerprint density at radius 2 is 1.77 bits per heavy atom. The summed E-state index contributed by atoms with van der Waals surface area (Å²) in [5.41, 5.74) is 7.10. The molecule has 144 valence electrons. The highest BCUT2D eigenvalue weighted by Crippen LogP contribution is 2.25. The number of aliphatic hydroxyl groups excluding tert-OH is 1. The highest BCUT2D eigenvalue weighted by molar-refractivity contribution is 5.60. The largest absolute Gasteiger partial charge is 0.494 e. The normalized spacial score (nSPS) is 13.6. The molecule has 1 aromatic heterocycles. The third-order valence-corrected chi connectivity index (χ3v) is 4.63. The number of rotatable bonds is 11. The number of aromatic nitrogens is 2. The van der Waals surface area contributed by atoms with Gasteiger partial charge in [0.2, 0.25) is 0 Å². The fraction of sp³-hybridized carbons (Fsp3) is 0.571. The molecule has 0 radical (unpaired) electrons. The molecule has 2 aromatic rings. The second kappa shape index (κ2) is 9.74. The molecule has 3 N–H and O–H groups in total. The third-order valence-electron chi connectivity index (χ3n) is 4.63. The Labute approximate surface area is 157 Å². The number of hydrogen-bond acceptors (Lipinski definition) is 4. The lowest BCUT2D eigenvalue weighted by Gasteiger charge is -2.20. The maximum atomic E-state index is 9.46. The van der Waals surface area contributed by atoms with E-state index >= 15 is 0 Å². The Kier molecular flexibility index (Phi) is 7.66. The predicted molar refractivity (Wildman–Crippen MR) is 106 cm³/mol. The number of benzene rings is 1. The Morgan fingerprint density at radius 3 is 2.42 bits per heavy atom. The zero-order chi connectivity index (χ0) is 19.0. The summed E-state index contributed by atoms with van der Waals surface area (Å²) in [4.78, 5) is 4.60. The van der Waals surface area contributed by atoms with Crippen molar-refractivity contribution >= 4 is 0 Å². The third kappa shape index (κ3) is 5.58. The SMILES string of the molecule is CCCCCCCCOc1ccc(-c2cn(C)c([C@@](C)(N)CO)n2)cc1. The highest BCUT2D eigenvalue weighted by Gasteiger charge is 2.26. The molecule has 0 aliphatic rings. The fourth-order valence-corrected chi connectivity index (χ4v) is 3.00.